The Bertz CT molecular complexity index is 631. The predicted octanol–water partition coefficient (Wildman–Crippen LogP) is 5.15. The summed E-state index contributed by atoms with van der Waals surface area (Å²) in [6, 6.07) is 11.8. The first-order valence-electron chi connectivity index (χ1n) is 5.83. The SMILES string of the molecule is CC(Oc1cc(Br)ccc1[N+](=O)[O-])c1ccc(Cl)cc1. The molecule has 0 aliphatic heterocycles. The van der Waals surface area contributed by atoms with Gasteiger partial charge in [0.2, 0.25) is 0 Å². The van der Waals surface area contributed by atoms with Crippen LogP contribution in [0.25, 0.3) is 0 Å². The Hall–Kier alpha value is -1.59. The fourth-order valence-corrected chi connectivity index (χ4v) is 2.19. The normalized spacial score (nSPS) is 11.9. The molecule has 0 saturated carbocycles. The molecule has 0 bridgehead atoms. The molecule has 0 amide bonds. The summed E-state index contributed by atoms with van der Waals surface area (Å²) in [4.78, 5) is 10.5. The molecule has 6 heteroatoms. The molecule has 104 valence electrons. The molecule has 0 aliphatic rings. The van der Waals surface area contributed by atoms with Crippen LogP contribution >= 0.6 is 27.5 Å². The average Bonchev–Trinajstić information content (AvgIpc) is 2.39. The lowest BCUT2D eigenvalue weighted by Crippen LogP contribution is -2.04. The van der Waals surface area contributed by atoms with Crippen molar-refractivity contribution in [2.45, 2.75) is 13.0 Å². The predicted molar refractivity (Wildman–Crippen MR) is 81.3 cm³/mol. The minimum Gasteiger partial charge on any atom is -0.479 e. The number of rotatable bonds is 4. The summed E-state index contributed by atoms with van der Waals surface area (Å²) in [5.41, 5.74) is 0.831. The molecule has 2 aromatic rings. The Labute approximate surface area is 129 Å². The van der Waals surface area contributed by atoms with Crippen LogP contribution in [-0.4, -0.2) is 4.92 Å². The van der Waals surface area contributed by atoms with Crippen LogP contribution in [0.5, 0.6) is 5.75 Å². The van der Waals surface area contributed by atoms with E-state index in [9.17, 15) is 10.1 Å². The summed E-state index contributed by atoms with van der Waals surface area (Å²) < 4.78 is 6.42. The molecule has 0 saturated heterocycles. The van der Waals surface area contributed by atoms with Gasteiger partial charge in [-0.3, -0.25) is 10.1 Å². The van der Waals surface area contributed by atoms with Gasteiger partial charge in [-0.2, -0.15) is 0 Å². The zero-order valence-electron chi connectivity index (χ0n) is 10.5. The summed E-state index contributed by atoms with van der Waals surface area (Å²) >= 11 is 9.11. The van der Waals surface area contributed by atoms with E-state index < -0.39 is 4.92 Å². The van der Waals surface area contributed by atoms with Crippen LogP contribution in [0.2, 0.25) is 5.02 Å². The highest BCUT2D eigenvalue weighted by Gasteiger charge is 2.18. The zero-order chi connectivity index (χ0) is 14.7. The summed E-state index contributed by atoms with van der Waals surface area (Å²) in [6.07, 6.45) is -0.319. The highest BCUT2D eigenvalue weighted by atomic mass is 79.9. The fraction of sp³-hybridized carbons (Fsp3) is 0.143. The number of nitro groups is 1. The average molecular weight is 357 g/mol. The summed E-state index contributed by atoms with van der Waals surface area (Å²) in [7, 11) is 0. The molecule has 2 aromatic carbocycles. The van der Waals surface area contributed by atoms with Gasteiger partial charge in [0.05, 0.1) is 4.92 Å². The Kier molecular flexibility index (Phi) is 4.62. The van der Waals surface area contributed by atoms with Gasteiger partial charge in [-0.25, -0.2) is 0 Å². The molecule has 0 aromatic heterocycles. The maximum absolute atomic E-state index is 11.0. The minimum atomic E-state index is -0.462. The zero-order valence-corrected chi connectivity index (χ0v) is 12.9. The molecule has 2 rings (SSSR count). The minimum absolute atomic E-state index is 0.0611. The van der Waals surface area contributed by atoms with E-state index >= 15 is 0 Å². The van der Waals surface area contributed by atoms with Crippen LogP contribution < -0.4 is 4.74 Å². The molecule has 1 atom stereocenters. The van der Waals surface area contributed by atoms with E-state index in [1.165, 1.54) is 6.07 Å². The van der Waals surface area contributed by atoms with Gasteiger partial charge < -0.3 is 4.74 Å². The molecule has 0 aliphatic carbocycles. The molecule has 0 heterocycles. The lowest BCUT2D eigenvalue weighted by molar-refractivity contribution is -0.386. The molecule has 0 fully saturated rings. The van der Waals surface area contributed by atoms with Crippen LogP contribution in [-0.2, 0) is 0 Å². The van der Waals surface area contributed by atoms with E-state index in [0.29, 0.717) is 5.02 Å². The summed E-state index contributed by atoms with van der Waals surface area (Å²) in [6.45, 7) is 1.83. The van der Waals surface area contributed by atoms with Crippen molar-refractivity contribution in [3.63, 3.8) is 0 Å². The Morgan fingerprint density at radius 1 is 1.25 bits per heavy atom. The van der Waals surface area contributed by atoms with Gasteiger partial charge in [0.25, 0.3) is 0 Å². The molecule has 1 unspecified atom stereocenters. The largest absolute Gasteiger partial charge is 0.479 e. The first-order chi connectivity index (χ1) is 9.47. The van der Waals surface area contributed by atoms with E-state index in [1.54, 1.807) is 24.3 Å². The Morgan fingerprint density at radius 2 is 1.90 bits per heavy atom. The van der Waals surface area contributed by atoms with Gasteiger partial charge in [0.1, 0.15) is 6.10 Å². The first kappa shape index (κ1) is 14.8. The summed E-state index contributed by atoms with van der Waals surface area (Å²) in [5.74, 6) is 0.229. The molecule has 0 spiro atoms. The van der Waals surface area contributed by atoms with Crippen molar-refractivity contribution in [3.8, 4) is 5.75 Å². The number of nitro benzene ring substituents is 1. The maximum atomic E-state index is 11.0. The summed E-state index contributed by atoms with van der Waals surface area (Å²) in [5, 5.41) is 11.6. The highest BCUT2D eigenvalue weighted by Crippen LogP contribution is 2.33. The quantitative estimate of drug-likeness (QED) is 0.562. The third kappa shape index (κ3) is 3.49. The lowest BCUT2D eigenvalue weighted by atomic mass is 10.1. The number of ether oxygens (including phenoxy) is 1. The van der Waals surface area contributed by atoms with E-state index in [-0.39, 0.29) is 17.5 Å². The van der Waals surface area contributed by atoms with Gasteiger partial charge in [0, 0.05) is 21.6 Å². The van der Waals surface area contributed by atoms with Gasteiger partial charge in [-0.05, 0) is 30.7 Å². The number of benzene rings is 2. The van der Waals surface area contributed by atoms with Crippen LogP contribution in [0.3, 0.4) is 0 Å². The standard InChI is InChI=1S/C14H11BrClNO3/c1-9(10-2-5-12(16)6-3-10)20-14-8-11(15)4-7-13(14)17(18)19/h2-9H,1H3. The highest BCUT2D eigenvalue weighted by molar-refractivity contribution is 9.10. The molecular weight excluding hydrogens is 346 g/mol. The monoisotopic (exact) mass is 355 g/mol. The third-order valence-corrected chi connectivity index (χ3v) is 3.51. The van der Waals surface area contributed by atoms with Crippen LogP contribution in [0.15, 0.2) is 46.9 Å². The molecular formula is C14H11BrClNO3. The van der Waals surface area contributed by atoms with Gasteiger partial charge in [-0.1, -0.05) is 39.7 Å². The van der Waals surface area contributed by atoms with Gasteiger partial charge in [-0.15, -0.1) is 0 Å². The second-order valence-corrected chi connectivity index (χ2v) is 5.53. The first-order valence-corrected chi connectivity index (χ1v) is 7.00. The topological polar surface area (TPSA) is 52.4 Å². The molecule has 0 radical (unpaired) electrons. The number of hydrogen-bond acceptors (Lipinski definition) is 3. The Balaban J connectivity index is 2.27. The number of halogens is 2. The van der Waals surface area contributed by atoms with Gasteiger partial charge >= 0.3 is 5.69 Å². The second kappa shape index (κ2) is 6.24. The Morgan fingerprint density at radius 3 is 2.50 bits per heavy atom. The third-order valence-electron chi connectivity index (χ3n) is 2.76. The van der Waals surface area contributed by atoms with Crippen molar-refractivity contribution in [1.82, 2.24) is 0 Å². The number of nitrogens with zero attached hydrogens (tertiary/aromatic N) is 1. The maximum Gasteiger partial charge on any atom is 0.311 e. The van der Waals surface area contributed by atoms with Crippen LogP contribution in [0.1, 0.15) is 18.6 Å². The second-order valence-electron chi connectivity index (χ2n) is 4.18. The van der Waals surface area contributed by atoms with Crippen LogP contribution in [0, 0.1) is 10.1 Å². The smallest absolute Gasteiger partial charge is 0.311 e. The van der Waals surface area contributed by atoms with Crippen molar-refractivity contribution >= 4 is 33.2 Å². The lowest BCUT2D eigenvalue weighted by Gasteiger charge is -2.15. The van der Waals surface area contributed by atoms with Crippen molar-refractivity contribution < 1.29 is 9.66 Å². The van der Waals surface area contributed by atoms with Crippen molar-refractivity contribution in [1.29, 1.82) is 0 Å². The van der Waals surface area contributed by atoms with E-state index in [4.69, 9.17) is 16.3 Å². The molecule has 4 nitrogen and oxygen atoms in total. The molecule has 20 heavy (non-hydrogen) atoms. The molecule has 0 N–H and O–H groups in total. The van der Waals surface area contributed by atoms with Gasteiger partial charge in [0.15, 0.2) is 5.75 Å². The van der Waals surface area contributed by atoms with Crippen molar-refractivity contribution in [2.24, 2.45) is 0 Å². The van der Waals surface area contributed by atoms with E-state index in [2.05, 4.69) is 15.9 Å². The van der Waals surface area contributed by atoms with Crippen molar-refractivity contribution in [2.75, 3.05) is 0 Å². The van der Waals surface area contributed by atoms with Crippen molar-refractivity contribution in [3.05, 3.63) is 67.6 Å². The fourth-order valence-electron chi connectivity index (χ4n) is 1.73. The number of hydrogen-bond donors (Lipinski definition) is 0. The van der Waals surface area contributed by atoms with Crippen LogP contribution in [0.4, 0.5) is 5.69 Å². The van der Waals surface area contributed by atoms with E-state index in [0.717, 1.165) is 10.0 Å². The van der Waals surface area contributed by atoms with E-state index in [1.807, 2.05) is 19.1 Å².